The first kappa shape index (κ1) is 11.2. The van der Waals surface area contributed by atoms with Crippen LogP contribution in [0.5, 0.6) is 0 Å². The first-order valence-electron chi connectivity index (χ1n) is 7.50. The summed E-state index contributed by atoms with van der Waals surface area (Å²) >= 11 is 0. The lowest BCUT2D eigenvalue weighted by molar-refractivity contribution is 0.596. The third-order valence-corrected chi connectivity index (χ3v) is 8.06. The van der Waals surface area contributed by atoms with Crippen molar-refractivity contribution in [3.8, 4) is 11.1 Å². The van der Waals surface area contributed by atoms with Crippen molar-refractivity contribution in [1.82, 2.24) is 0 Å². The zero-order valence-corrected chi connectivity index (χ0v) is 12.6. The maximum absolute atomic E-state index is 13.5. The lowest BCUT2D eigenvalue weighted by atomic mass is 9.94. The highest BCUT2D eigenvalue weighted by Gasteiger charge is 2.56. The lowest BCUT2D eigenvalue weighted by Gasteiger charge is -2.11. The molecule has 4 aromatic rings. The fourth-order valence-electron chi connectivity index (χ4n) is 4.11. The lowest BCUT2D eigenvalue weighted by Crippen LogP contribution is -2.06. The Morgan fingerprint density at radius 1 is 0.636 bits per heavy atom. The first-order valence-corrected chi connectivity index (χ1v) is 9.20. The highest BCUT2D eigenvalue weighted by atomic mass is 31.2. The predicted octanol–water partition coefficient (Wildman–Crippen LogP) is 3.93. The van der Waals surface area contributed by atoms with Gasteiger partial charge in [0.25, 0.3) is 0 Å². The maximum Gasteiger partial charge on any atom is 0.173 e. The fraction of sp³-hybridized carbons (Fsp3) is 0. The molecule has 4 aromatic carbocycles. The summed E-state index contributed by atoms with van der Waals surface area (Å²) in [7, 11) is -2.42. The summed E-state index contributed by atoms with van der Waals surface area (Å²) in [4.78, 5) is 0. The summed E-state index contributed by atoms with van der Waals surface area (Å²) in [5.74, 6) is 0. The molecule has 6 rings (SSSR count). The van der Waals surface area contributed by atoms with Gasteiger partial charge in [-0.3, -0.25) is 0 Å². The topological polar surface area (TPSA) is 17.1 Å². The summed E-state index contributed by atoms with van der Waals surface area (Å²) in [5, 5.41) is 8.14. The molecule has 2 heterocycles. The van der Waals surface area contributed by atoms with Gasteiger partial charge in [-0.2, -0.15) is 0 Å². The van der Waals surface area contributed by atoms with Gasteiger partial charge in [-0.05, 0) is 33.7 Å². The van der Waals surface area contributed by atoms with Gasteiger partial charge in [-0.15, -0.1) is 0 Å². The molecule has 2 heteroatoms. The average molecular weight is 298 g/mol. The van der Waals surface area contributed by atoms with Gasteiger partial charge in [0.1, 0.15) is 0 Å². The summed E-state index contributed by atoms with van der Waals surface area (Å²) in [6.45, 7) is 0. The Labute approximate surface area is 127 Å². The molecule has 0 radical (unpaired) electrons. The van der Waals surface area contributed by atoms with Crippen molar-refractivity contribution in [1.29, 1.82) is 0 Å². The van der Waals surface area contributed by atoms with Crippen LogP contribution in [0.1, 0.15) is 0 Å². The molecular weight excluding hydrogens is 287 g/mol. The molecule has 0 amide bonds. The number of rotatable bonds is 0. The van der Waals surface area contributed by atoms with E-state index in [-0.39, 0.29) is 0 Å². The Bertz CT molecular complexity index is 1190. The molecule has 0 bridgehead atoms. The van der Waals surface area contributed by atoms with Gasteiger partial charge in [0.2, 0.25) is 0 Å². The van der Waals surface area contributed by atoms with Crippen LogP contribution in [0.4, 0.5) is 0 Å². The molecule has 2 aliphatic heterocycles. The Morgan fingerprint density at radius 3 is 2.14 bits per heavy atom. The second-order valence-corrected chi connectivity index (χ2v) is 8.76. The van der Waals surface area contributed by atoms with E-state index in [1.807, 2.05) is 0 Å². The van der Waals surface area contributed by atoms with E-state index in [2.05, 4.69) is 66.7 Å². The zero-order chi connectivity index (χ0) is 14.5. The number of benzene rings is 4. The van der Waals surface area contributed by atoms with Gasteiger partial charge in [0.15, 0.2) is 7.14 Å². The van der Waals surface area contributed by atoms with Crippen LogP contribution < -0.4 is 15.9 Å². The highest BCUT2D eigenvalue weighted by molar-refractivity contribution is 7.96. The fourth-order valence-corrected chi connectivity index (χ4v) is 7.25. The van der Waals surface area contributed by atoms with Gasteiger partial charge >= 0.3 is 0 Å². The van der Waals surface area contributed by atoms with Crippen LogP contribution in [0, 0.1) is 0 Å². The summed E-state index contributed by atoms with van der Waals surface area (Å²) in [5.41, 5.74) is 2.43. The zero-order valence-electron chi connectivity index (χ0n) is 11.7. The van der Waals surface area contributed by atoms with Gasteiger partial charge in [-0.25, -0.2) is 0 Å². The maximum atomic E-state index is 13.5. The molecule has 1 nitrogen and oxygen atoms in total. The minimum Gasteiger partial charge on any atom is -0.309 e. The van der Waals surface area contributed by atoms with Gasteiger partial charge in [0.05, 0.1) is 0 Å². The van der Waals surface area contributed by atoms with Gasteiger partial charge in [0, 0.05) is 27.0 Å². The van der Waals surface area contributed by atoms with Crippen LogP contribution in [-0.2, 0) is 4.57 Å². The van der Waals surface area contributed by atoms with Crippen molar-refractivity contribution in [3.63, 3.8) is 0 Å². The van der Waals surface area contributed by atoms with E-state index in [4.69, 9.17) is 0 Å². The Balaban J connectivity index is 1.93. The molecule has 0 N–H and O–H groups in total. The Hall–Kier alpha value is -2.37. The molecule has 102 valence electrons. The van der Waals surface area contributed by atoms with Crippen LogP contribution in [0.3, 0.4) is 0 Å². The molecule has 1 atom stereocenters. The monoisotopic (exact) mass is 298 g/mol. The predicted molar refractivity (Wildman–Crippen MR) is 93.4 cm³/mol. The Morgan fingerprint density at radius 2 is 1.32 bits per heavy atom. The summed E-state index contributed by atoms with van der Waals surface area (Å²) < 4.78 is 13.5. The third-order valence-electron chi connectivity index (χ3n) is 5.10. The normalized spacial score (nSPS) is 20.2. The highest BCUT2D eigenvalue weighted by Crippen LogP contribution is 2.64. The standard InChI is InChI=1S/C20H11OP/c21-22-16-10-9-12-5-1-3-7-14(12)18(16)19-15-8-4-2-6-13(15)11-17(22)20(19)22/h1-11H. The van der Waals surface area contributed by atoms with E-state index >= 15 is 0 Å². The van der Waals surface area contributed by atoms with E-state index in [0.717, 1.165) is 15.9 Å². The van der Waals surface area contributed by atoms with Crippen molar-refractivity contribution in [3.05, 3.63) is 66.7 Å². The SMILES string of the molecule is O=P12c3cc4ccccc4c(c31)-c1c2ccc2ccccc12. The molecule has 0 fully saturated rings. The minimum absolute atomic E-state index is 1.05. The molecule has 0 saturated heterocycles. The molecule has 0 spiro atoms. The summed E-state index contributed by atoms with van der Waals surface area (Å²) in [6, 6.07) is 23.1. The van der Waals surface area contributed by atoms with Crippen LogP contribution in [-0.4, -0.2) is 0 Å². The number of fused-ring (bicyclic) bond motifs is 8. The van der Waals surface area contributed by atoms with Crippen molar-refractivity contribution in [2.45, 2.75) is 0 Å². The molecule has 0 aliphatic carbocycles. The van der Waals surface area contributed by atoms with Crippen LogP contribution in [0.2, 0.25) is 0 Å². The van der Waals surface area contributed by atoms with E-state index in [1.54, 1.807) is 0 Å². The molecule has 22 heavy (non-hydrogen) atoms. The average Bonchev–Trinajstić information content (AvgIpc) is 3.05. The quantitative estimate of drug-likeness (QED) is 0.388. The second kappa shape index (κ2) is 3.34. The third kappa shape index (κ3) is 1.04. The molecule has 0 aromatic heterocycles. The van der Waals surface area contributed by atoms with Crippen molar-refractivity contribution < 1.29 is 4.57 Å². The van der Waals surface area contributed by atoms with Gasteiger partial charge in [-0.1, -0.05) is 54.6 Å². The van der Waals surface area contributed by atoms with Crippen molar-refractivity contribution >= 4 is 44.6 Å². The van der Waals surface area contributed by atoms with Gasteiger partial charge < -0.3 is 4.57 Å². The van der Waals surface area contributed by atoms with Crippen LogP contribution in [0.25, 0.3) is 32.7 Å². The van der Waals surface area contributed by atoms with Crippen LogP contribution >= 0.6 is 7.14 Å². The van der Waals surface area contributed by atoms with Crippen LogP contribution in [0.15, 0.2) is 66.7 Å². The first-order chi connectivity index (χ1) is 10.8. The van der Waals surface area contributed by atoms with E-state index in [9.17, 15) is 4.57 Å². The second-order valence-electron chi connectivity index (χ2n) is 6.13. The minimum atomic E-state index is -2.42. The molecular formula is C20H11OP. The molecule has 2 aliphatic rings. The Kier molecular flexibility index (Phi) is 1.71. The number of hydrogen-bond acceptors (Lipinski definition) is 1. The smallest absolute Gasteiger partial charge is 0.173 e. The van der Waals surface area contributed by atoms with E-state index < -0.39 is 7.14 Å². The molecule has 0 saturated carbocycles. The number of hydrogen-bond donors (Lipinski definition) is 0. The van der Waals surface area contributed by atoms with E-state index in [0.29, 0.717) is 0 Å². The van der Waals surface area contributed by atoms with E-state index in [1.165, 1.54) is 32.7 Å². The summed E-state index contributed by atoms with van der Waals surface area (Å²) in [6.07, 6.45) is 0. The largest absolute Gasteiger partial charge is 0.309 e. The van der Waals surface area contributed by atoms with Crippen molar-refractivity contribution in [2.75, 3.05) is 0 Å². The molecule has 1 unspecified atom stereocenters. The van der Waals surface area contributed by atoms with Crippen molar-refractivity contribution in [2.24, 2.45) is 0 Å².